The molecule has 0 atom stereocenters. The zero-order valence-corrected chi connectivity index (χ0v) is 12.6. The lowest BCUT2D eigenvalue weighted by atomic mass is 9.78. The Hall–Kier alpha value is -0.545. The Morgan fingerprint density at radius 2 is 1.68 bits per heavy atom. The van der Waals surface area contributed by atoms with Crippen LogP contribution in [0.2, 0.25) is 5.02 Å². The van der Waals surface area contributed by atoms with E-state index in [-0.39, 0.29) is 17.8 Å². The predicted octanol–water partition coefficient (Wildman–Crippen LogP) is 2.17. The van der Waals surface area contributed by atoms with Crippen molar-refractivity contribution in [1.29, 1.82) is 0 Å². The Balaban J connectivity index is 2.29. The number of aliphatic hydroxyl groups excluding tert-OH is 1. The fraction of sp³-hybridized carbons (Fsp3) is 0.571. The van der Waals surface area contributed by atoms with Crippen LogP contribution in [0.15, 0.2) is 18.2 Å². The molecule has 104 valence electrons. The highest BCUT2D eigenvalue weighted by Crippen LogP contribution is 2.36. The van der Waals surface area contributed by atoms with Gasteiger partial charge in [-0.2, -0.15) is 0 Å². The van der Waals surface area contributed by atoms with Gasteiger partial charge >= 0.3 is 7.12 Å². The van der Waals surface area contributed by atoms with Crippen molar-refractivity contribution in [3.63, 3.8) is 0 Å². The molecule has 0 spiro atoms. The van der Waals surface area contributed by atoms with Gasteiger partial charge in [0, 0.05) is 11.6 Å². The van der Waals surface area contributed by atoms with Crippen LogP contribution in [-0.4, -0.2) is 30.0 Å². The molecule has 1 heterocycles. The van der Waals surface area contributed by atoms with Crippen molar-refractivity contribution in [2.24, 2.45) is 0 Å². The number of hydrogen-bond acceptors (Lipinski definition) is 3. The number of hydrogen-bond donors (Lipinski definition) is 1. The summed E-state index contributed by atoms with van der Waals surface area (Å²) in [5.41, 5.74) is 1.16. The lowest BCUT2D eigenvalue weighted by Crippen LogP contribution is -2.41. The van der Waals surface area contributed by atoms with E-state index >= 15 is 0 Å². The van der Waals surface area contributed by atoms with Crippen molar-refractivity contribution in [2.75, 3.05) is 6.61 Å². The van der Waals surface area contributed by atoms with Crippen molar-refractivity contribution in [3.8, 4) is 0 Å². The summed E-state index contributed by atoms with van der Waals surface area (Å²) in [7, 11) is -0.416. The Morgan fingerprint density at radius 3 is 2.21 bits per heavy atom. The van der Waals surface area contributed by atoms with Crippen LogP contribution in [0.1, 0.15) is 33.3 Å². The molecule has 0 unspecified atom stereocenters. The first kappa shape index (κ1) is 14.9. The minimum Gasteiger partial charge on any atom is -0.399 e. The number of aliphatic hydroxyl groups is 1. The third kappa shape index (κ3) is 2.97. The molecule has 0 saturated carbocycles. The highest BCUT2D eigenvalue weighted by Gasteiger charge is 2.51. The standard InChI is InChI=1S/C14H20BClO3/c1-13(2)14(3,4)19-15(18-13)11-7-10(5-6-17)8-12(16)9-11/h7-9,17H,5-6H2,1-4H3. The molecule has 1 aliphatic heterocycles. The third-order valence-electron chi connectivity index (χ3n) is 3.91. The van der Waals surface area contributed by atoms with Gasteiger partial charge in [0.1, 0.15) is 0 Å². The molecule has 0 aromatic heterocycles. The first-order valence-corrected chi connectivity index (χ1v) is 6.89. The van der Waals surface area contributed by atoms with Gasteiger partial charge < -0.3 is 14.4 Å². The van der Waals surface area contributed by atoms with Crippen molar-refractivity contribution in [3.05, 3.63) is 28.8 Å². The molecular weight excluding hydrogens is 262 g/mol. The summed E-state index contributed by atoms with van der Waals surface area (Å²) in [6.45, 7) is 8.18. The quantitative estimate of drug-likeness (QED) is 0.864. The molecular formula is C14H20BClO3. The Labute approximate surface area is 120 Å². The summed E-state index contributed by atoms with van der Waals surface area (Å²) in [6.07, 6.45) is 0.576. The van der Waals surface area contributed by atoms with Crippen LogP contribution in [0, 0.1) is 0 Å². The Kier molecular flexibility index (Phi) is 3.98. The maximum absolute atomic E-state index is 9.03. The van der Waals surface area contributed by atoms with E-state index in [2.05, 4.69) is 0 Å². The molecule has 0 bridgehead atoms. The molecule has 1 aromatic carbocycles. The molecule has 19 heavy (non-hydrogen) atoms. The fourth-order valence-corrected chi connectivity index (χ4v) is 2.33. The molecule has 1 aromatic rings. The second-order valence-corrected chi connectivity index (χ2v) is 6.39. The first-order chi connectivity index (χ1) is 8.75. The fourth-order valence-electron chi connectivity index (χ4n) is 2.06. The smallest absolute Gasteiger partial charge is 0.399 e. The summed E-state index contributed by atoms with van der Waals surface area (Å²) >= 11 is 6.11. The van der Waals surface area contributed by atoms with E-state index in [1.54, 1.807) is 0 Å². The van der Waals surface area contributed by atoms with Gasteiger partial charge in [-0.1, -0.05) is 17.7 Å². The average molecular weight is 283 g/mol. The van der Waals surface area contributed by atoms with Gasteiger partial charge in [-0.25, -0.2) is 0 Å². The Bertz CT molecular complexity index is 458. The van der Waals surface area contributed by atoms with Gasteiger partial charge in [0.2, 0.25) is 0 Å². The van der Waals surface area contributed by atoms with E-state index in [0.717, 1.165) is 11.0 Å². The summed E-state index contributed by atoms with van der Waals surface area (Å²) < 4.78 is 12.0. The van der Waals surface area contributed by atoms with Crippen LogP contribution in [0.3, 0.4) is 0 Å². The molecule has 3 nitrogen and oxygen atoms in total. The molecule has 0 radical (unpaired) electrons. The van der Waals surface area contributed by atoms with E-state index in [4.69, 9.17) is 26.0 Å². The lowest BCUT2D eigenvalue weighted by Gasteiger charge is -2.32. The van der Waals surface area contributed by atoms with Crippen molar-refractivity contribution in [2.45, 2.75) is 45.3 Å². The van der Waals surface area contributed by atoms with Crippen LogP contribution in [0.4, 0.5) is 0 Å². The minimum absolute atomic E-state index is 0.100. The van der Waals surface area contributed by atoms with Crippen molar-refractivity contribution in [1.82, 2.24) is 0 Å². The number of rotatable bonds is 3. The number of halogens is 1. The van der Waals surface area contributed by atoms with Crippen LogP contribution < -0.4 is 5.46 Å². The topological polar surface area (TPSA) is 38.7 Å². The van der Waals surface area contributed by atoms with Gasteiger partial charge in [-0.05, 0) is 57.3 Å². The van der Waals surface area contributed by atoms with Crippen molar-refractivity contribution >= 4 is 24.2 Å². The Morgan fingerprint density at radius 1 is 1.11 bits per heavy atom. The molecule has 1 saturated heterocycles. The van der Waals surface area contributed by atoms with E-state index < -0.39 is 7.12 Å². The van der Waals surface area contributed by atoms with Crippen LogP contribution >= 0.6 is 11.6 Å². The van der Waals surface area contributed by atoms with Gasteiger partial charge in [0.25, 0.3) is 0 Å². The highest BCUT2D eigenvalue weighted by atomic mass is 35.5. The minimum atomic E-state index is -0.416. The maximum Gasteiger partial charge on any atom is 0.494 e. The molecule has 5 heteroatoms. The van der Waals surface area contributed by atoms with E-state index in [9.17, 15) is 0 Å². The van der Waals surface area contributed by atoms with E-state index in [1.165, 1.54) is 0 Å². The monoisotopic (exact) mass is 282 g/mol. The molecule has 2 rings (SSSR count). The summed E-state index contributed by atoms with van der Waals surface area (Å²) in [6, 6.07) is 5.68. The van der Waals surface area contributed by atoms with Gasteiger partial charge in [0.15, 0.2) is 0 Å². The summed E-state index contributed by atoms with van der Waals surface area (Å²) in [5, 5.41) is 9.66. The van der Waals surface area contributed by atoms with Gasteiger partial charge in [0.05, 0.1) is 11.2 Å². The molecule has 1 aliphatic rings. The summed E-state index contributed by atoms with van der Waals surface area (Å²) in [4.78, 5) is 0. The largest absolute Gasteiger partial charge is 0.494 e. The maximum atomic E-state index is 9.03. The number of benzene rings is 1. The van der Waals surface area contributed by atoms with Crippen LogP contribution in [0.25, 0.3) is 0 Å². The molecule has 1 fully saturated rings. The second-order valence-electron chi connectivity index (χ2n) is 5.95. The predicted molar refractivity (Wildman–Crippen MR) is 78.0 cm³/mol. The highest BCUT2D eigenvalue weighted by molar-refractivity contribution is 6.62. The average Bonchev–Trinajstić information content (AvgIpc) is 2.48. The third-order valence-corrected chi connectivity index (χ3v) is 4.12. The second kappa shape index (κ2) is 5.10. The SMILES string of the molecule is CC1(C)OB(c2cc(Cl)cc(CCO)c2)OC1(C)C. The lowest BCUT2D eigenvalue weighted by molar-refractivity contribution is 0.00578. The van der Waals surface area contributed by atoms with Crippen LogP contribution in [-0.2, 0) is 15.7 Å². The molecule has 0 amide bonds. The normalized spacial score (nSPS) is 20.8. The zero-order valence-electron chi connectivity index (χ0n) is 11.9. The van der Waals surface area contributed by atoms with E-state index in [1.807, 2.05) is 45.9 Å². The zero-order chi connectivity index (χ0) is 14.3. The summed E-state index contributed by atoms with van der Waals surface area (Å²) in [5.74, 6) is 0. The van der Waals surface area contributed by atoms with E-state index in [0.29, 0.717) is 11.4 Å². The van der Waals surface area contributed by atoms with Gasteiger partial charge in [-0.3, -0.25) is 0 Å². The molecule has 0 aliphatic carbocycles. The van der Waals surface area contributed by atoms with Crippen molar-refractivity contribution < 1.29 is 14.4 Å². The van der Waals surface area contributed by atoms with Crippen LogP contribution in [0.5, 0.6) is 0 Å². The first-order valence-electron chi connectivity index (χ1n) is 6.51. The molecule has 1 N–H and O–H groups in total. The van der Waals surface area contributed by atoms with Gasteiger partial charge in [-0.15, -0.1) is 0 Å².